The maximum absolute atomic E-state index is 4.89. The van der Waals surface area contributed by atoms with Crippen LogP contribution in [0.2, 0.25) is 0 Å². The second kappa shape index (κ2) is 12.9. The van der Waals surface area contributed by atoms with Gasteiger partial charge in [0, 0.05) is 84.1 Å². The summed E-state index contributed by atoms with van der Waals surface area (Å²) < 4.78 is 1.91. The molecule has 0 aromatic carbocycles. The lowest BCUT2D eigenvalue weighted by molar-refractivity contribution is 0.263. The van der Waals surface area contributed by atoms with Gasteiger partial charge >= 0.3 is 0 Å². The summed E-state index contributed by atoms with van der Waals surface area (Å²) in [7, 11) is 4.08. The minimum Gasteiger partial charge on any atom is -0.357 e. The molecule has 1 aliphatic heterocycles. The Morgan fingerprint density at radius 1 is 1.19 bits per heavy atom. The van der Waals surface area contributed by atoms with E-state index in [-0.39, 0.29) is 24.0 Å². The molecule has 3 rings (SSSR count). The smallest absolute Gasteiger partial charge is 0.225 e. The van der Waals surface area contributed by atoms with Crippen LogP contribution in [-0.2, 0) is 13.6 Å². The SMILES string of the molecule is CCNC(=NCCN1CCN(c2ncccn2)CC1)N(C)Cc1cn(C)nc1C(C)C.I. The van der Waals surface area contributed by atoms with Crippen molar-refractivity contribution in [3.63, 3.8) is 0 Å². The molecule has 0 amide bonds. The third-order valence-electron chi connectivity index (χ3n) is 5.47. The molecule has 3 heterocycles. The predicted molar refractivity (Wildman–Crippen MR) is 141 cm³/mol. The van der Waals surface area contributed by atoms with Crippen LogP contribution in [0, 0.1) is 0 Å². The summed E-state index contributed by atoms with van der Waals surface area (Å²) in [5.41, 5.74) is 2.41. The van der Waals surface area contributed by atoms with Crippen LogP contribution in [0.3, 0.4) is 0 Å². The van der Waals surface area contributed by atoms with E-state index in [4.69, 9.17) is 4.99 Å². The fourth-order valence-electron chi connectivity index (χ4n) is 3.89. The second-order valence-electron chi connectivity index (χ2n) is 8.34. The molecule has 0 unspecified atom stereocenters. The number of aliphatic imine (C=N–C) groups is 1. The number of aromatic nitrogens is 4. The fraction of sp³-hybridized carbons (Fsp3) is 0.636. The van der Waals surface area contributed by atoms with Gasteiger partial charge in [-0.3, -0.25) is 14.6 Å². The van der Waals surface area contributed by atoms with E-state index in [1.807, 2.05) is 17.8 Å². The molecule has 0 aliphatic carbocycles. The molecule has 0 spiro atoms. The molecule has 2 aromatic heterocycles. The van der Waals surface area contributed by atoms with Crippen molar-refractivity contribution in [2.24, 2.45) is 12.0 Å². The van der Waals surface area contributed by atoms with E-state index in [0.29, 0.717) is 5.92 Å². The van der Waals surface area contributed by atoms with Crippen molar-refractivity contribution in [3.8, 4) is 0 Å². The predicted octanol–water partition coefficient (Wildman–Crippen LogP) is 2.17. The van der Waals surface area contributed by atoms with E-state index in [2.05, 4.69) is 69.1 Å². The lowest BCUT2D eigenvalue weighted by atomic mass is 10.1. The van der Waals surface area contributed by atoms with Gasteiger partial charge < -0.3 is 15.1 Å². The number of piperazine rings is 1. The van der Waals surface area contributed by atoms with Crippen LogP contribution < -0.4 is 10.2 Å². The van der Waals surface area contributed by atoms with Gasteiger partial charge in [-0.25, -0.2) is 9.97 Å². The Bertz CT molecular complexity index is 829. The molecule has 32 heavy (non-hydrogen) atoms. The number of hydrogen-bond acceptors (Lipinski definition) is 6. The van der Waals surface area contributed by atoms with Gasteiger partial charge in [-0.1, -0.05) is 13.8 Å². The highest BCUT2D eigenvalue weighted by Crippen LogP contribution is 2.18. The summed E-state index contributed by atoms with van der Waals surface area (Å²) in [6.07, 6.45) is 5.72. The molecule has 1 aliphatic rings. The first kappa shape index (κ1) is 26.3. The Balaban J connectivity index is 0.00000363. The molecule has 0 bridgehead atoms. The Kier molecular flexibility index (Phi) is 10.6. The van der Waals surface area contributed by atoms with Gasteiger partial charge in [0.1, 0.15) is 0 Å². The molecule has 0 radical (unpaired) electrons. The summed E-state index contributed by atoms with van der Waals surface area (Å²) in [5.74, 6) is 2.17. The number of rotatable bonds is 8. The van der Waals surface area contributed by atoms with Crippen LogP contribution >= 0.6 is 24.0 Å². The van der Waals surface area contributed by atoms with Gasteiger partial charge in [0.15, 0.2) is 5.96 Å². The van der Waals surface area contributed by atoms with E-state index in [0.717, 1.165) is 70.0 Å². The summed E-state index contributed by atoms with van der Waals surface area (Å²) >= 11 is 0. The molecule has 0 atom stereocenters. The van der Waals surface area contributed by atoms with Crippen LogP contribution in [0.5, 0.6) is 0 Å². The molecule has 0 saturated carbocycles. The summed E-state index contributed by atoms with van der Waals surface area (Å²) in [6, 6.07) is 1.86. The maximum atomic E-state index is 4.89. The van der Waals surface area contributed by atoms with Crippen molar-refractivity contribution in [1.82, 2.24) is 34.9 Å². The van der Waals surface area contributed by atoms with Crippen LogP contribution in [0.15, 0.2) is 29.6 Å². The van der Waals surface area contributed by atoms with Crippen molar-refractivity contribution in [2.75, 3.05) is 57.8 Å². The van der Waals surface area contributed by atoms with E-state index in [9.17, 15) is 0 Å². The van der Waals surface area contributed by atoms with E-state index in [1.165, 1.54) is 5.56 Å². The highest BCUT2D eigenvalue weighted by Gasteiger charge is 2.19. The minimum atomic E-state index is 0. The monoisotopic (exact) mass is 555 g/mol. The van der Waals surface area contributed by atoms with Crippen molar-refractivity contribution in [1.29, 1.82) is 0 Å². The summed E-state index contributed by atoms with van der Waals surface area (Å²) in [4.78, 5) is 20.5. The first-order valence-electron chi connectivity index (χ1n) is 11.2. The van der Waals surface area contributed by atoms with Gasteiger partial charge in [-0.2, -0.15) is 5.10 Å². The summed E-state index contributed by atoms with van der Waals surface area (Å²) in [6.45, 7) is 13.8. The van der Waals surface area contributed by atoms with Crippen LogP contribution in [0.4, 0.5) is 5.95 Å². The van der Waals surface area contributed by atoms with Crippen LogP contribution in [0.1, 0.15) is 37.9 Å². The third kappa shape index (κ3) is 7.29. The zero-order valence-electron chi connectivity index (χ0n) is 20.0. The molecule has 9 nitrogen and oxygen atoms in total. The third-order valence-corrected chi connectivity index (χ3v) is 5.47. The number of hydrogen-bond donors (Lipinski definition) is 1. The first-order valence-corrected chi connectivity index (χ1v) is 11.2. The van der Waals surface area contributed by atoms with Crippen molar-refractivity contribution in [3.05, 3.63) is 35.9 Å². The number of anilines is 1. The molecular weight excluding hydrogens is 517 g/mol. The largest absolute Gasteiger partial charge is 0.357 e. The number of halogens is 1. The number of guanidine groups is 1. The average Bonchev–Trinajstić information content (AvgIpc) is 3.14. The van der Waals surface area contributed by atoms with Crippen molar-refractivity contribution >= 4 is 35.9 Å². The topological polar surface area (TPSA) is 77.7 Å². The molecule has 1 saturated heterocycles. The van der Waals surface area contributed by atoms with Crippen LogP contribution in [0.25, 0.3) is 0 Å². The highest BCUT2D eigenvalue weighted by molar-refractivity contribution is 14.0. The van der Waals surface area contributed by atoms with Crippen molar-refractivity contribution < 1.29 is 0 Å². The fourth-order valence-corrected chi connectivity index (χ4v) is 3.89. The van der Waals surface area contributed by atoms with E-state index >= 15 is 0 Å². The molecular formula is C22H38IN9. The van der Waals surface area contributed by atoms with E-state index in [1.54, 1.807) is 12.4 Å². The number of aryl methyl sites for hydroxylation is 1. The van der Waals surface area contributed by atoms with Gasteiger partial charge in [0.25, 0.3) is 0 Å². The maximum Gasteiger partial charge on any atom is 0.225 e. The van der Waals surface area contributed by atoms with Crippen LogP contribution in [-0.4, -0.2) is 88.4 Å². The molecule has 10 heteroatoms. The Labute approximate surface area is 209 Å². The standard InChI is InChI=1S/C22H37N9.HI/c1-6-23-21(28(4)16-19-17-29(5)27-20(19)18(2)3)26-10-11-30-12-14-31(15-13-30)22-24-8-7-9-25-22;/h7-9,17-18H,6,10-16H2,1-5H3,(H,23,26);1H. The first-order chi connectivity index (χ1) is 15.0. The lowest BCUT2D eigenvalue weighted by Gasteiger charge is -2.34. The molecule has 1 N–H and O–H groups in total. The van der Waals surface area contributed by atoms with Gasteiger partial charge in [0.2, 0.25) is 5.95 Å². The van der Waals surface area contributed by atoms with Gasteiger partial charge in [-0.05, 0) is 18.9 Å². The zero-order chi connectivity index (χ0) is 22.2. The number of nitrogens with zero attached hydrogens (tertiary/aromatic N) is 8. The Morgan fingerprint density at radius 3 is 2.50 bits per heavy atom. The van der Waals surface area contributed by atoms with Gasteiger partial charge in [0.05, 0.1) is 12.2 Å². The number of nitrogens with one attached hydrogen (secondary N) is 1. The molecule has 1 fully saturated rings. The molecule has 2 aromatic rings. The van der Waals surface area contributed by atoms with Gasteiger partial charge in [-0.15, -0.1) is 24.0 Å². The average molecular weight is 556 g/mol. The second-order valence-corrected chi connectivity index (χ2v) is 8.34. The molecule has 178 valence electrons. The van der Waals surface area contributed by atoms with Crippen molar-refractivity contribution in [2.45, 2.75) is 33.2 Å². The lowest BCUT2D eigenvalue weighted by Crippen LogP contribution is -2.47. The normalized spacial score (nSPS) is 15.1. The Hall–Kier alpha value is -1.95. The quantitative estimate of drug-likeness (QED) is 0.304. The van der Waals surface area contributed by atoms with E-state index < -0.39 is 0 Å². The highest BCUT2D eigenvalue weighted by atomic mass is 127. The zero-order valence-corrected chi connectivity index (χ0v) is 22.4. The summed E-state index contributed by atoms with van der Waals surface area (Å²) in [5, 5.41) is 8.06. The minimum absolute atomic E-state index is 0. The Morgan fingerprint density at radius 2 is 1.88 bits per heavy atom.